The van der Waals surface area contributed by atoms with Crippen LogP contribution in [0.2, 0.25) is 0 Å². The standard InChI is InChI=1S/C19H23BrFN5O/c20-15-2-1-14(17(21)11-15)12-25-6-4-16(13-25)23-19-22-5-3-18(24-19)26-7-9-27-10-8-26/h1-3,5,11,16H,4,6-10,12-13H2,(H,22,23,24). The lowest BCUT2D eigenvalue weighted by Gasteiger charge is -2.28. The fourth-order valence-corrected chi connectivity index (χ4v) is 3.89. The highest BCUT2D eigenvalue weighted by Crippen LogP contribution is 2.21. The number of hydrogen-bond acceptors (Lipinski definition) is 6. The Kier molecular flexibility index (Phi) is 5.85. The van der Waals surface area contributed by atoms with Gasteiger partial charge in [-0.3, -0.25) is 4.90 Å². The van der Waals surface area contributed by atoms with Crippen molar-refractivity contribution in [3.63, 3.8) is 0 Å². The summed E-state index contributed by atoms with van der Waals surface area (Å²) < 4.78 is 20.2. The molecular weight excluding hydrogens is 413 g/mol. The van der Waals surface area contributed by atoms with Crippen molar-refractivity contribution in [1.82, 2.24) is 14.9 Å². The van der Waals surface area contributed by atoms with Crippen molar-refractivity contribution in [1.29, 1.82) is 0 Å². The Labute approximate surface area is 166 Å². The lowest BCUT2D eigenvalue weighted by Crippen LogP contribution is -2.37. The lowest BCUT2D eigenvalue weighted by atomic mass is 10.2. The third kappa shape index (κ3) is 4.75. The zero-order valence-corrected chi connectivity index (χ0v) is 16.7. The third-order valence-electron chi connectivity index (χ3n) is 4.99. The van der Waals surface area contributed by atoms with Crippen LogP contribution in [-0.2, 0) is 11.3 Å². The Hall–Kier alpha value is -1.77. The summed E-state index contributed by atoms with van der Waals surface area (Å²) in [6.45, 7) is 5.57. The van der Waals surface area contributed by atoms with E-state index in [4.69, 9.17) is 4.74 Å². The normalized spacial score (nSPS) is 20.8. The number of rotatable bonds is 5. The van der Waals surface area contributed by atoms with E-state index in [1.165, 1.54) is 6.07 Å². The Balaban J connectivity index is 1.34. The minimum Gasteiger partial charge on any atom is -0.378 e. The second-order valence-electron chi connectivity index (χ2n) is 6.94. The van der Waals surface area contributed by atoms with E-state index in [0.717, 1.165) is 61.7 Å². The van der Waals surface area contributed by atoms with Gasteiger partial charge in [0.1, 0.15) is 11.6 Å². The fraction of sp³-hybridized carbons (Fsp3) is 0.474. The molecule has 0 radical (unpaired) electrons. The predicted octanol–water partition coefficient (Wildman–Crippen LogP) is 2.90. The molecule has 1 atom stereocenters. The van der Waals surface area contributed by atoms with E-state index in [1.807, 2.05) is 18.2 Å². The Bertz CT molecular complexity index is 786. The number of hydrogen-bond donors (Lipinski definition) is 1. The van der Waals surface area contributed by atoms with E-state index in [1.54, 1.807) is 6.20 Å². The molecule has 0 spiro atoms. The molecule has 6 nitrogen and oxygen atoms in total. The average molecular weight is 436 g/mol. The molecule has 8 heteroatoms. The second-order valence-corrected chi connectivity index (χ2v) is 7.85. The molecule has 2 aliphatic heterocycles. The zero-order chi connectivity index (χ0) is 18.6. The van der Waals surface area contributed by atoms with Gasteiger partial charge in [0, 0.05) is 55.0 Å². The van der Waals surface area contributed by atoms with Crippen molar-refractivity contribution in [3.8, 4) is 0 Å². The highest BCUT2D eigenvalue weighted by molar-refractivity contribution is 9.10. The van der Waals surface area contributed by atoms with Gasteiger partial charge >= 0.3 is 0 Å². The average Bonchev–Trinajstić information content (AvgIpc) is 3.12. The Morgan fingerprint density at radius 2 is 2.07 bits per heavy atom. The number of nitrogens with zero attached hydrogens (tertiary/aromatic N) is 4. The van der Waals surface area contributed by atoms with Gasteiger partial charge in [0.2, 0.25) is 5.95 Å². The molecule has 1 unspecified atom stereocenters. The van der Waals surface area contributed by atoms with Crippen LogP contribution in [0, 0.1) is 5.82 Å². The molecule has 2 aromatic rings. The van der Waals surface area contributed by atoms with Gasteiger partial charge in [-0.15, -0.1) is 0 Å². The van der Waals surface area contributed by atoms with Gasteiger partial charge in [-0.25, -0.2) is 9.37 Å². The topological polar surface area (TPSA) is 53.5 Å². The minimum absolute atomic E-state index is 0.165. The van der Waals surface area contributed by atoms with Gasteiger partial charge in [-0.1, -0.05) is 22.0 Å². The number of ether oxygens (including phenoxy) is 1. The first-order valence-corrected chi connectivity index (χ1v) is 10.1. The van der Waals surface area contributed by atoms with E-state index < -0.39 is 0 Å². The molecule has 0 aliphatic carbocycles. The highest BCUT2D eigenvalue weighted by Gasteiger charge is 2.24. The molecule has 2 saturated heterocycles. The van der Waals surface area contributed by atoms with Crippen LogP contribution in [-0.4, -0.2) is 60.3 Å². The van der Waals surface area contributed by atoms with E-state index >= 15 is 0 Å². The maximum absolute atomic E-state index is 14.1. The molecular formula is C19H23BrFN5O. The van der Waals surface area contributed by atoms with Crippen LogP contribution < -0.4 is 10.2 Å². The van der Waals surface area contributed by atoms with Crippen LogP contribution in [0.5, 0.6) is 0 Å². The maximum atomic E-state index is 14.1. The number of aromatic nitrogens is 2. The summed E-state index contributed by atoms with van der Waals surface area (Å²) in [5, 5.41) is 3.44. The number of nitrogens with one attached hydrogen (secondary N) is 1. The van der Waals surface area contributed by atoms with Crippen LogP contribution in [0.25, 0.3) is 0 Å². The van der Waals surface area contributed by atoms with E-state index in [9.17, 15) is 4.39 Å². The number of morpholine rings is 1. The van der Waals surface area contributed by atoms with Gasteiger partial charge in [-0.05, 0) is 24.6 Å². The van der Waals surface area contributed by atoms with Gasteiger partial charge < -0.3 is 15.0 Å². The monoisotopic (exact) mass is 435 g/mol. The molecule has 0 bridgehead atoms. The van der Waals surface area contributed by atoms with Crippen molar-refractivity contribution < 1.29 is 9.13 Å². The second kappa shape index (κ2) is 8.50. The first-order chi connectivity index (χ1) is 13.2. The summed E-state index contributed by atoms with van der Waals surface area (Å²) in [7, 11) is 0. The van der Waals surface area contributed by atoms with E-state index in [2.05, 4.69) is 41.0 Å². The summed E-state index contributed by atoms with van der Waals surface area (Å²) in [5.41, 5.74) is 0.726. The van der Waals surface area contributed by atoms with E-state index in [-0.39, 0.29) is 11.9 Å². The smallest absolute Gasteiger partial charge is 0.224 e. The predicted molar refractivity (Wildman–Crippen MR) is 106 cm³/mol. The van der Waals surface area contributed by atoms with Crippen molar-refractivity contribution in [2.45, 2.75) is 19.0 Å². The van der Waals surface area contributed by atoms with Gasteiger partial charge in [0.15, 0.2) is 0 Å². The van der Waals surface area contributed by atoms with Crippen LogP contribution in [0.1, 0.15) is 12.0 Å². The van der Waals surface area contributed by atoms with Crippen LogP contribution in [0.4, 0.5) is 16.2 Å². The number of halogens is 2. The quantitative estimate of drug-likeness (QED) is 0.778. The number of anilines is 2. The molecule has 0 amide bonds. The molecule has 3 heterocycles. The Morgan fingerprint density at radius 3 is 2.89 bits per heavy atom. The highest BCUT2D eigenvalue weighted by atomic mass is 79.9. The Morgan fingerprint density at radius 1 is 1.22 bits per heavy atom. The summed E-state index contributed by atoms with van der Waals surface area (Å²) in [6.07, 6.45) is 2.79. The van der Waals surface area contributed by atoms with Gasteiger partial charge in [0.05, 0.1) is 13.2 Å². The molecule has 4 rings (SSSR count). The third-order valence-corrected chi connectivity index (χ3v) is 5.48. The first-order valence-electron chi connectivity index (χ1n) is 9.26. The summed E-state index contributed by atoms with van der Waals surface area (Å²) >= 11 is 3.30. The largest absolute Gasteiger partial charge is 0.378 e. The zero-order valence-electron chi connectivity index (χ0n) is 15.1. The van der Waals surface area contributed by atoms with Crippen LogP contribution in [0.3, 0.4) is 0 Å². The molecule has 1 aromatic carbocycles. The lowest BCUT2D eigenvalue weighted by molar-refractivity contribution is 0.122. The van der Waals surface area contributed by atoms with Crippen molar-refractivity contribution in [2.75, 3.05) is 49.6 Å². The maximum Gasteiger partial charge on any atom is 0.224 e. The van der Waals surface area contributed by atoms with Crippen molar-refractivity contribution in [3.05, 3.63) is 46.3 Å². The SMILES string of the molecule is Fc1cc(Br)ccc1CN1CCC(Nc2nccc(N3CCOCC3)n2)C1. The van der Waals surface area contributed by atoms with Crippen molar-refractivity contribution in [2.24, 2.45) is 0 Å². The summed E-state index contributed by atoms with van der Waals surface area (Å²) in [5.74, 6) is 1.42. The molecule has 2 fully saturated rings. The molecule has 2 aliphatic rings. The molecule has 27 heavy (non-hydrogen) atoms. The minimum atomic E-state index is -0.165. The van der Waals surface area contributed by atoms with Gasteiger partial charge in [0.25, 0.3) is 0 Å². The molecule has 1 aromatic heterocycles. The summed E-state index contributed by atoms with van der Waals surface area (Å²) in [6, 6.07) is 7.45. The van der Waals surface area contributed by atoms with Crippen LogP contribution >= 0.6 is 15.9 Å². The molecule has 144 valence electrons. The van der Waals surface area contributed by atoms with Crippen molar-refractivity contribution >= 4 is 27.7 Å². The van der Waals surface area contributed by atoms with E-state index in [0.29, 0.717) is 12.5 Å². The first kappa shape index (κ1) is 18.6. The molecule has 1 N–H and O–H groups in total. The van der Waals surface area contributed by atoms with Crippen LogP contribution in [0.15, 0.2) is 34.9 Å². The van der Waals surface area contributed by atoms with Gasteiger partial charge in [-0.2, -0.15) is 4.98 Å². The summed E-state index contributed by atoms with van der Waals surface area (Å²) in [4.78, 5) is 13.5. The fourth-order valence-electron chi connectivity index (χ4n) is 3.55. The number of likely N-dealkylation sites (tertiary alicyclic amines) is 1. The molecule has 0 saturated carbocycles. The number of benzene rings is 1.